The number of rotatable bonds is 16. The molecule has 2 aliphatic heterocycles. The fraction of sp³-hybridized carbons (Fsp3) is 0.564. The van der Waals surface area contributed by atoms with Crippen LogP contribution in [-0.4, -0.2) is 101 Å². The maximum atomic E-state index is 14.5. The molecule has 0 saturated carbocycles. The molecule has 0 bridgehead atoms. The lowest BCUT2D eigenvalue weighted by atomic mass is 9.85. The molecule has 13 nitrogen and oxygen atoms in total. The van der Waals surface area contributed by atoms with E-state index >= 15 is 0 Å². The van der Waals surface area contributed by atoms with Gasteiger partial charge in [-0.25, -0.2) is 4.79 Å². The largest absolute Gasteiger partial charge is 0.445 e. The van der Waals surface area contributed by atoms with E-state index in [1.807, 2.05) is 20.8 Å². The molecular weight excluding hydrogens is 664 g/mol. The Morgan fingerprint density at radius 1 is 1.02 bits per heavy atom. The Balaban J connectivity index is 1.62. The van der Waals surface area contributed by atoms with Crippen molar-refractivity contribution in [2.45, 2.75) is 104 Å². The maximum Gasteiger partial charge on any atom is 0.408 e. The molecule has 2 aliphatic rings. The molecule has 4 rings (SSSR count). The number of likely N-dealkylation sites (tertiary alicyclic amines) is 1. The van der Waals surface area contributed by atoms with Crippen molar-refractivity contribution in [3.05, 3.63) is 66.0 Å². The number of Topliss-reactive ketones (excluding diaryl/α,β-unsaturated/α-hetero) is 2. The van der Waals surface area contributed by atoms with E-state index in [4.69, 9.17) is 4.74 Å². The van der Waals surface area contributed by atoms with Crippen LogP contribution in [0.1, 0.15) is 89.1 Å². The van der Waals surface area contributed by atoms with Crippen LogP contribution in [0.5, 0.6) is 0 Å². The Bertz CT molecular complexity index is 1540. The first-order valence-corrected chi connectivity index (χ1v) is 18.4. The monoisotopic (exact) mass is 718 g/mol. The second kappa shape index (κ2) is 18.7. The van der Waals surface area contributed by atoms with Crippen molar-refractivity contribution in [3.8, 4) is 0 Å². The third-order valence-corrected chi connectivity index (χ3v) is 9.68. The van der Waals surface area contributed by atoms with Crippen molar-refractivity contribution in [1.29, 1.82) is 0 Å². The number of ether oxygens (including phenoxy) is 1. The summed E-state index contributed by atoms with van der Waals surface area (Å²) in [6, 6.07) is 8.08. The number of benzene rings is 1. The summed E-state index contributed by atoms with van der Waals surface area (Å²) in [5, 5.41) is 8.39. The molecule has 13 heteroatoms. The van der Waals surface area contributed by atoms with E-state index in [-0.39, 0.29) is 43.5 Å². The molecule has 282 valence electrons. The maximum absolute atomic E-state index is 14.5. The SMILES string of the molecule is CCCN(CCC)[C@@H]1C[C@@H](C(=O)NC(CC2CCCNC2=O)C(=O)C(=O)c2ccccc2)N(C(=O)[C@@H](NC(=O)OCc2cccnc2)C(C)(C)C)C1. The third kappa shape index (κ3) is 10.7. The number of nitrogens with zero attached hydrogens (tertiary/aromatic N) is 3. The number of amides is 4. The predicted molar refractivity (Wildman–Crippen MR) is 195 cm³/mol. The van der Waals surface area contributed by atoms with E-state index in [9.17, 15) is 28.8 Å². The van der Waals surface area contributed by atoms with E-state index in [0.29, 0.717) is 24.9 Å². The van der Waals surface area contributed by atoms with Crippen LogP contribution >= 0.6 is 0 Å². The van der Waals surface area contributed by atoms with Gasteiger partial charge in [0.15, 0.2) is 0 Å². The van der Waals surface area contributed by atoms with Gasteiger partial charge in [0.2, 0.25) is 29.3 Å². The van der Waals surface area contributed by atoms with Gasteiger partial charge in [0.05, 0.1) is 6.04 Å². The number of aromatic nitrogens is 1. The lowest BCUT2D eigenvalue weighted by Crippen LogP contribution is -2.59. The number of piperidine rings is 1. The van der Waals surface area contributed by atoms with Crippen LogP contribution in [0.15, 0.2) is 54.9 Å². The molecule has 3 N–H and O–H groups in total. The number of hydrogen-bond acceptors (Lipinski definition) is 9. The highest BCUT2D eigenvalue weighted by molar-refractivity contribution is 6.45. The number of hydrogen-bond donors (Lipinski definition) is 3. The number of carbonyl (C=O) groups is 6. The smallest absolute Gasteiger partial charge is 0.408 e. The van der Waals surface area contributed by atoms with Gasteiger partial charge in [-0.3, -0.25) is 33.9 Å². The van der Waals surface area contributed by atoms with E-state index in [2.05, 4.69) is 39.7 Å². The van der Waals surface area contributed by atoms with Crippen molar-refractivity contribution in [2.24, 2.45) is 11.3 Å². The van der Waals surface area contributed by atoms with Crippen molar-refractivity contribution in [1.82, 2.24) is 30.7 Å². The van der Waals surface area contributed by atoms with Gasteiger partial charge in [-0.15, -0.1) is 0 Å². The zero-order valence-electron chi connectivity index (χ0n) is 31.1. The van der Waals surface area contributed by atoms with E-state index in [1.54, 1.807) is 42.7 Å². The Hall–Kier alpha value is -4.65. The fourth-order valence-electron chi connectivity index (χ4n) is 6.96. The zero-order valence-corrected chi connectivity index (χ0v) is 31.1. The molecule has 52 heavy (non-hydrogen) atoms. The van der Waals surface area contributed by atoms with E-state index in [0.717, 1.165) is 25.9 Å². The molecule has 2 aromatic rings. The van der Waals surface area contributed by atoms with Crippen LogP contribution in [-0.2, 0) is 30.5 Å². The number of alkyl carbamates (subject to hydrolysis) is 1. The average Bonchev–Trinajstić information content (AvgIpc) is 3.59. The Morgan fingerprint density at radius 2 is 1.73 bits per heavy atom. The highest BCUT2D eigenvalue weighted by Gasteiger charge is 2.47. The molecule has 1 aromatic carbocycles. The van der Waals surface area contributed by atoms with Gasteiger partial charge < -0.3 is 25.6 Å². The number of pyridine rings is 1. The van der Waals surface area contributed by atoms with Gasteiger partial charge >= 0.3 is 6.09 Å². The third-order valence-electron chi connectivity index (χ3n) is 9.68. The molecule has 2 fully saturated rings. The predicted octanol–water partition coefficient (Wildman–Crippen LogP) is 3.67. The van der Waals surface area contributed by atoms with Crippen LogP contribution in [0.25, 0.3) is 0 Å². The van der Waals surface area contributed by atoms with Crippen molar-refractivity contribution < 1.29 is 33.5 Å². The number of carbonyl (C=O) groups excluding carboxylic acids is 6. The van der Waals surface area contributed by atoms with Gasteiger partial charge in [-0.1, -0.05) is 71.0 Å². The number of nitrogens with one attached hydrogen (secondary N) is 3. The minimum absolute atomic E-state index is 0.0410. The summed E-state index contributed by atoms with van der Waals surface area (Å²) in [4.78, 5) is 89.8. The Kier molecular flexibility index (Phi) is 14.4. The first-order chi connectivity index (χ1) is 24.8. The summed E-state index contributed by atoms with van der Waals surface area (Å²) in [5.41, 5.74) is 0.0927. The van der Waals surface area contributed by atoms with Gasteiger partial charge in [-0.05, 0) is 63.1 Å². The molecule has 3 heterocycles. The number of ketones is 2. The van der Waals surface area contributed by atoms with Gasteiger partial charge in [0.25, 0.3) is 0 Å². The molecule has 0 aliphatic carbocycles. The van der Waals surface area contributed by atoms with E-state index < -0.39 is 58.9 Å². The second-order valence-corrected chi connectivity index (χ2v) is 14.8. The minimum atomic E-state index is -1.29. The fourth-order valence-corrected chi connectivity index (χ4v) is 6.96. The van der Waals surface area contributed by atoms with Crippen LogP contribution in [0.3, 0.4) is 0 Å². The summed E-state index contributed by atoms with van der Waals surface area (Å²) in [6.07, 6.45) is 5.61. The zero-order chi connectivity index (χ0) is 37.8. The molecule has 0 spiro atoms. The Labute approximate surface area is 306 Å². The van der Waals surface area contributed by atoms with Crippen LogP contribution < -0.4 is 16.0 Å². The van der Waals surface area contributed by atoms with Crippen LogP contribution in [0, 0.1) is 11.3 Å². The summed E-state index contributed by atoms with van der Waals surface area (Å²) in [5.74, 6) is -3.44. The first kappa shape index (κ1) is 40.1. The standard InChI is InChI=1S/C39H54N6O7/c1-6-19-44(20-7-2)29-22-31(45(24-29)37(50)34(39(3,4)5)43-38(51)52-25-26-13-11-17-40-23-26)36(49)42-30(21-28-16-12-18-41-35(28)48)33(47)32(46)27-14-9-8-10-15-27/h8-11,13-15,17,23,28-31,34H,6-7,12,16,18-22,24-25H2,1-5H3,(H,41,48)(H,42,49)(H,43,51)/t28?,29-,30?,31+,34-/m1/s1. The van der Waals surface area contributed by atoms with Crippen LogP contribution in [0.4, 0.5) is 4.79 Å². The summed E-state index contributed by atoms with van der Waals surface area (Å²) >= 11 is 0. The quantitative estimate of drug-likeness (QED) is 0.173. The average molecular weight is 719 g/mol. The van der Waals surface area contributed by atoms with Crippen molar-refractivity contribution >= 4 is 35.4 Å². The minimum Gasteiger partial charge on any atom is -0.445 e. The Morgan fingerprint density at radius 3 is 2.35 bits per heavy atom. The first-order valence-electron chi connectivity index (χ1n) is 18.4. The molecule has 0 radical (unpaired) electrons. The van der Waals surface area contributed by atoms with E-state index in [1.165, 1.54) is 17.0 Å². The summed E-state index contributed by atoms with van der Waals surface area (Å²) < 4.78 is 5.43. The molecule has 5 atom stereocenters. The summed E-state index contributed by atoms with van der Waals surface area (Å²) in [7, 11) is 0. The van der Waals surface area contributed by atoms with Crippen molar-refractivity contribution in [2.75, 3.05) is 26.2 Å². The highest BCUT2D eigenvalue weighted by atomic mass is 16.5. The highest BCUT2D eigenvalue weighted by Crippen LogP contribution is 2.29. The van der Waals surface area contributed by atoms with Crippen molar-refractivity contribution in [3.63, 3.8) is 0 Å². The molecule has 1 aromatic heterocycles. The molecule has 2 saturated heterocycles. The van der Waals surface area contributed by atoms with Gasteiger partial charge in [0, 0.05) is 48.6 Å². The lowest BCUT2D eigenvalue weighted by Gasteiger charge is -2.35. The van der Waals surface area contributed by atoms with Gasteiger partial charge in [0.1, 0.15) is 18.7 Å². The lowest BCUT2D eigenvalue weighted by molar-refractivity contribution is -0.142. The second-order valence-electron chi connectivity index (χ2n) is 14.8. The normalized spacial score (nSPS) is 20.1. The molecular formula is C39H54N6O7. The molecule has 4 amide bonds. The topological polar surface area (TPSA) is 167 Å². The van der Waals surface area contributed by atoms with Crippen LogP contribution in [0.2, 0.25) is 0 Å². The van der Waals surface area contributed by atoms with Gasteiger partial charge in [-0.2, -0.15) is 0 Å². The molecule has 2 unspecified atom stereocenters. The summed E-state index contributed by atoms with van der Waals surface area (Å²) in [6.45, 7) is 11.8.